The van der Waals surface area contributed by atoms with E-state index in [1.54, 1.807) is 50.4 Å². The maximum absolute atomic E-state index is 12.6. The van der Waals surface area contributed by atoms with Gasteiger partial charge in [0.2, 0.25) is 5.78 Å². The molecule has 0 radical (unpaired) electrons. The molecule has 0 saturated heterocycles. The highest BCUT2D eigenvalue weighted by molar-refractivity contribution is 6.01. The Balaban J connectivity index is 1.65. The van der Waals surface area contributed by atoms with Gasteiger partial charge in [-0.3, -0.25) is 4.79 Å². The topological polar surface area (TPSA) is 71.1 Å². The Morgan fingerprint density at radius 2 is 1.48 bits per heavy atom. The highest BCUT2D eigenvalue weighted by Crippen LogP contribution is 2.29. The van der Waals surface area contributed by atoms with Crippen molar-refractivity contribution >= 4 is 11.8 Å². The van der Waals surface area contributed by atoms with Crippen LogP contribution in [0.5, 0.6) is 17.2 Å². The van der Waals surface area contributed by atoms with E-state index in [9.17, 15) is 9.59 Å². The van der Waals surface area contributed by atoms with E-state index in [4.69, 9.17) is 18.9 Å². The Hall–Kier alpha value is -3.80. The standard InChI is InChI=1S/C25H24O6/c1-17(24(26)19-9-12-21(28-2)13-10-19)31-25(27)20-11-14-22(23(15-20)29-3)30-16-18-7-5-4-6-8-18/h4-15,17H,16H2,1-3H3/t17-/m1/s1. The van der Waals surface area contributed by atoms with Crippen LogP contribution in [0.2, 0.25) is 0 Å². The van der Waals surface area contributed by atoms with Gasteiger partial charge in [0.1, 0.15) is 12.4 Å². The van der Waals surface area contributed by atoms with Gasteiger partial charge in [0, 0.05) is 5.56 Å². The first-order valence-corrected chi connectivity index (χ1v) is 9.76. The number of benzene rings is 3. The number of Topliss-reactive ketones (excluding diaryl/α,β-unsaturated/α-hetero) is 1. The molecule has 31 heavy (non-hydrogen) atoms. The van der Waals surface area contributed by atoms with Crippen LogP contribution in [0.3, 0.4) is 0 Å². The zero-order valence-electron chi connectivity index (χ0n) is 17.7. The number of carbonyl (C=O) groups is 2. The molecule has 1 atom stereocenters. The van der Waals surface area contributed by atoms with E-state index in [2.05, 4.69) is 0 Å². The fourth-order valence-corrected chi connectivity index (χ4v) is 2.92. The van der Waals surface area contributed by atoms with Crippen molar-refractivity contribution in [2.45, 2.75) is 19.6 Å². The summed E-state index contributed by atoms with van der Waals surface area (Å²) in [5.41, 5.74) is 1.71. The Morgan fingerprint density at radius 1 is 0.806 bits per heavy atom. The zero-order valence-corrected chi connectivity index (χ0v) is 17.7. The lowest BCUT2D eigenvalue weighted by Crippen LogP contribution is -2.24. The number of methoxy groups -OCH3 is 2. The summed E-state index contributed by atoms with van der Waals surface area (Å²) in [7, 11) is 3.04. The van der Waals surface area contributed by atoms with Gasteiger partial charge in [-0.05, 0) is 55.0 Å². The molecule has 160 valence electrons. The number of hydrogen-bond acceptors (Lipinski definition) is 6. The molecule has 0 aliphatic heterocycles. The molecular weight excluding hydrogens is 396 g/mol. The second kappa shape index (κ2) is 10.3. The molecule has 0 aliphatic rings. The van der Waals surface area contributed by atoms with Crippen LogP contribution in [0.1, 0.15) is 33.2 Å². The largest absolute Gasteiger partial charge is 0.497 e. The van der Waals surface area contributed by atoms with Crippen LogP contribution in [0.4, 0.5) is 0 Å². The quantitative estimate of drug-likeness (QED) is 0.369. The Labute approximate surface area is 181 Å². The summed E-state index contributed by atoms with van der Waals surface area (Å²) in [6.45, 7) is 1.91. The van der Waals surface area contributed by atoms with Crippen molar-refractivity contribution in [2.24, 2.45) is 0 Å². The number of rotatable bonds is 9. The fraction of sp³-hybridized carbons (Fsp3) is 0.200. The molecule has 0 bridgehead atoms. The molecule has 0 unspecified atom stereocenters. The van der Waals surface area contributed by atoms with Crippen molar-refractivity contribution in [3.05, 3.63) is 89.5 Å². The third-order valence-electron chi connectivity index (χ3n) is 4.66. The lowest BCUT2D eigenvalue weighted by molar-refractivity contribution is 0.0318. The summed E-state index contributed by atoms with van der Waals surface area (Å²) >= 11 is 0. The van der Waals surface area contributed by atoms with Gasteiger partial charge in [-0.1, -0.05) is 30.3 Å². The molecule has 0 amide bonds. The van der Waals surface area contributed by atoms with Crippen LogP contribution in [0.15, 0.2) is 72.8 Å². The number of hydrogen-bond donors (Lipinski definition) is 0. The minimum Gasteiger partial charge on any atom is -0.497 e. The van der Waals surface area contributed by atoms with Crippen LogP contribution in [0, 0.1) is 0 Å². The lowest BCUT2D eigenvalue weighted by atomic mass is 10.1. The molecular formula is C25H24O6. The molecule has 6 heteroatoms. The molecule has 0 aromatic heterocycles. The van der Waals surface area contributed by atoms with Crippen molar-refractivity contribution in [1.29, 1.82) is 0 Å². The van der Waals surface area contributed by atoms with E-state index in [0.717, 1.165) is 5.56 Å². The van der Waals surface area contributed by atoms with E-state index in [0.29, 0.717) is 29.4 Å². The Bertz CT molecular complexity index is 1030. The van der Waals surface area contributed by atoms with Crippen molar-refractivity contribution in [3.63, 3.8) is 0 Å². The molecule has 3 rings (SSSR count). The Morgan fingerprint density at radius 3 is 2.13 bits per heavy atom. The van der Waals surface area contributed by atoms with Crippen LogP contribution < -0.4 is 14.2 Å². The van der Waals surface area contributed by atoms with Gasteiger partial charge >= 0.3 is 5.97 Å². The predicted octanol–water partition coefficient (Wildman–Crippen LogP) is 4.71. The number of esters is 1. The number of carbonyl (C=O) groups excluding carboxylic acids is 2. The fourth-order valence-electron chi connectivity index (χ4n) is 2.92. The summed E-state index contributed by atoms with van der Waals surface area (Å²) in [6, 6.07) is 21.1. The molecule has 3 aromatic carbocycles. The first-order valence-electron chi connectivity index (χ1n) is 9.76. The molecule has 6 nitrogen and oxygen atoms in total. The smallest absolute Gasteiger partial charge is 0.338 e. The first kappa shape index (κ1) is 21.9. The second-order valence-corrected chi connectivity index (χ2v) is 6.78. The minimum absolute atomic E-state index is 0.262. The highest BCUT2D eigenvalue weighted by Gasteiger charge is 2.21. The molecule has 3 aromatic rings. The van der Waals surface area contributed by atoms with Crippen LogP contribution >= 0.6 is 0 Å². The minimum atomic E-state index is -0.944. The molecule has 0 saturated carbocycles. The second-order valence-electron chi connectivity index (χ2n) is 6.78. The molecule has 0 heterocycles. The Kier molecular flexibility index (Phi) is 7.27. The summed E-state index contributed by atoms with van der Waals surface area (Å²) in [5, 5.41) is 0. The third kappa shape index (κ3) is 5.63. The van der Waals surface area contributed by atoms with Crippen molar-refractivity contribution in [1.82, 2.24) is 0 Å². The summed E-state index contributed by atoms with van der Waals surface area (Å²) < 4.78 is 21.6. The van der Waals surface area contributed by atoms with E-state index < -0.39 is 12.1 Å². The van der Waals surface area contributed by atoms with Crippen molar-refractivity contribution < 1.29 is 28.5 Å². The van der Waals surface area contributed by atoms with Gasteiger partial charge in [-0.15, -0.1) is 0 Å². The maximum atomic E-state index is 12.6. The van der Waals surface area contributed by atoms with Gasteiger partial charge in [-0.2, -0.15) is 0 Å². The normalized spacial score (nSPS) is 11.3. The number of ketones is 1. The van der Waals surface area contributed by atoms with E-state index in [-0.39, 0.29) is 11.3 Å². The zero-order chi connectivity index (χ0) is 22.2. The lowest BCUT2D eigenvalue weighted by Gasteiger charge is -2.15. The third-order valence-corrected chi connectivity index (χ3v) is 4.66. The predicted molar refractivity (Wildman–Crippen MR) is 116 cm³/mol. The van der Waals surface area contributed by atoms with E-state index in [1.807, 2.05) is 30.3 Å². The highest BCUT2D eigenvalue weighted by atomic mass is 16.5. The van der Waals surface area contributed by atoms with E-state index >= 15 is 0 Å². The summed E-state index contributed by atoms with van der Waals surface area (Å²) in [5.74, 6) is 0.626. The van der Waals surface area contributed by atoms with E-state index in [1.165, 1.54) is 13.2 Å². The first-order chi connectivity index (χ1) is 15.0. The van der Waals surface area contributed by atoms with Crippen molar-refractivity contribution in [3.8, 4) is 17.2 Å². The average molecular weight is 420 g/mol. The van der Waals surface area contributed by atoms with Gasteiger partial charge < -0.3 is 18.9 Å². The van der Waals surface area contributed by atoms with Crippen molar-refractivity contribution in [2.75, 3.05) is 14.2 Å². The van der Waals surface area contributed by atoms with Gasteiger partial charge in [0.25, 0.3) is 0 Å². The molecule has 0 aliphatic carbocycles. The monoisotopic (exact) mass is 420 g/mol. The summed E-state index contributed by atoms with van der Waals surface area (Å²) in [4.78, 5) is 25.1. The SMILES string of the molecule is COc1ccc(C(=O)[C@@H](C)OC(=O)c2ccc(OCc3ccccc3)c(OC)c2)cc1. The average Bonchev–Trinajstić information content (AvgIpc) is 2.82. The summed E-state index contributed by atoms with van der Waals surface area (Å²) in [6.07, 6.45) is -0.944. The molecule has 0 spiro atoms. The van der Waals surface area contributed by atoms with Crippen LogP contribution in [-0.4, -0.2) is 32.1 Å². The van der Waals surface area contributed by atoms with Gasteiger partial charge in [0.05, 0.1) is 19.8 Å². The maximum Gasteiger partial charge on any atom is 0.338 e. The van der Waals surface area contributed by atoms with Crippen LogP contribution in [-0.2, 0) is 11.3 Å². The molecule has 0 fully saturated rings. The van der Waals surface area contributed by atoms with Gasteiger partial charge in [-0.25, -0.2) is 4.79 Å². The molecule has 0 N–H and O–H groups in total. The van der Waals surface area contributed by atoms with Crippen LogP contribution in [0.25, 0.3) is 0 Å². The number of ether oxygens (including phenoxy) is 4. The van der Waals surface area contributed by atoms with Gasteiger partial charge in [0.15, 0.2) is 17.6 Å².